The topological polar surface area (TPSA) is 83.0 Å². The first kappa shape index (κ1) is 25.0. The van der Waals surface area contributed by atoms with Crippen molar-refractivity contribution in [1.82, 2.24) is 15.5 Å². The Morgan fingerprint density at radius 3 is 2.61 bits per heavy atom. The van der Waals surface area contributed by atoms with Gasteiger partial charge in [-0.1, -0.05) is 12.1 Å². The van der Waals surface area contributed by atoms with Gasteiger partial charge in [0.05, 0.1) is 18.9 Å². The molecular weight excluding hydrogens is 491 g/mol. The highest BCUT2D eigenvalue weighted by molar-refractivity contribution is 14.0. The molecule has 28 heavy (non-hydrogen) atoms. The minimum Gasteiger partial charge on any atom is -0.497 e. The van der Waals surface area contributed by atoms with Gasteiger partial charge in [0.15, 0.2) is 5.96 Å². The van der Waals surface area contributed by atoms with Crippen LogP contribution in [0.2, 0.25) is 0 Å². The van der Waals surface area contributed by atoms with E-state index in [1.54, 1.807) is 14.2 Å². The zero-order chi connectivity index (χ0) is 19.7. The van der Waals surface area contributed by atoms with Crippen LogP contribution >= 0.6 is 24.0 Å². The monoisotopic (exact) mass is 524 g/mol. The summed E-state index contributed by atoms with van der Waals surface area (Å²) in [6.07, 6.45) is 4.26. The summed E-state index contributed by atoms with van der Waals surface area (Å²) in [6.45, 7) is 3.47. The number of benzene rings is 1. The van der Waals surface area contributed by atoms with Gasteiger partial charge in [0.2, 0.25) is 0 Å². The molecule has 0 amide bonds. The molecule has 2 N–H and O–H groups in total. The molecule has 1 aromatic rings. The van der Waals surface area contributed by atoms with E-state index >= 15 is 0 Å². The first-order valence-corrected chi connectivity index (χ1v) is 11.5. The average Bonchev–Trinajstić information content (AvgIpc) is 3.17. The van der Waals surface area contributed by atoms with Gasteiger partial charge in [0.1, 0.15) is 15.6 Å². The van der Waals surface area contributed by atoms with Crippen LogP contribution in [0.3, 0.4) is 0 Å². The van der Waals surface area contributed by atoms with Gasteiger partial charge in [-0.3, -0.25) is 9.89 Å². The number of nitrogens with one attached hydrogen (secondary N) is 2. The normalized spacial score (nSPS) is 16.3. The molecular formula is C19H33IN4O3S. The second kappa shape index (κ2) is 12.5. The zero-order valence-corrected chi connectivity index (χ0v) is 20.1. The van der Waals surface area contributed by atoms with Crippen LogP contribution in [-0.2, 0) is 9.84 Å². The summed E-state index contributed by atoms with van der Waals surface area (Å²) >= 11 is 0. The average molecular weight is 524 g/mol. The van der Waals surface area contributed by atoms with Crippen LogP contribution in [-0.4, -0.2) is 71.6 Å². The van der Waals surface area contributed by atoms with E-state index in [2.05, 4.69) is 32.7 Å². The second-order valence-electron chi connectivity index (χ2n) is 6.90. The summed E-state index contributed by atoms with van der Waals surface area (Å²) in [5, 5.41) is 6.58. The maximum absolute atomic E-state index is 11.2. The molecule has 0 aromatic heterocycles. The quantitative estimate of drug-likeness (QED) is 0.223. The van der Waals surface area contributed by atoms with Crippen LogP contribution in [0.15, 0.2) is 29.3 Å². The predicted octanol–water partition coefficient (Wildman–Crippen LogP) is 2.05. The van der Waals surface area contributed by atoms with Crippen molar-refractivity contribution in [1.29, 1.82) is 0 Å². The molecule has 1 unspecified atom stereocenters. The van der Waals surface area contributed by atoms with Gasteiger partial charge in [0, 0.05) is 26.4 Å². The number of aliphatic imine (C=N–C) groups is 1. The molecule has 1 fully saturated rings. The number of halogens is 1. The number of rotatable bonds is 9. The van der Waals surface area contributed by atoms with E-state index in [9.17, 15) is 8.42 Å². The molecule has 1 aliphatic rings. The first-order chi connectivity index (χ1) is 12.9. The minimum atomic E-state index is -2.93. The van der Waals surface area contributed by atoms with E-state index < -0.39 is 9.84 Å². The molecule has 0 saturated carbocycles. The fourth-order valence-electron chi connectivity index (χ4n) is 3.31. The summed E-state index contributed by atoms with van der Waals surface area (Å²) in [7, 11) is 0.482. The lowest BCUT2D eigenvalue weighted by molar-refractivity contribution is 0.245. The van der Waals surface area contributed by atoms with Crippen molar-refractivity contribution in [3.05, 3.63) is 29.8 Å². The number of likely N-dealkylation sites (tertiary alicyclic amines) is 1. The minimum absolute atomic E-state index is 0. The van der Waals surface area contributed by atoms with Crippen LogP contribution in [0.25, 0.3) is 0 Å². The third-order valence-electron chi connectivity index (χ3n) is 4.73. The van der Waals surface area contributed by atoms with Gasteiger partial charge >= 0.3 is 0 Å². The molecule has 0 spiro atoms. The van der Waals surface area contributed by atoms with Crippen molar-refractivity contribution in [2.75, 3.05) is 52.3 Å². The van der Waals surface area contributed by atoms with E-state index in [1.807, 2.05) is 12.1 Å². The standard InChI is InChI=1S/C19H32N4O3S.HI/c1-20-19(21-10-7-13-27(3,24)25)22-15-18(23-11-4-5-12-23)16-8-6-9-17(14-16)26-2;/h6,8-9,14,18H,4-5,7,10-13,15H2,1-3H3,(H2,20,21,22);1H. The van der Waals surface area contributed by atoms with Gasteiger partial charge < -0.3 is 15.4 Å². The number of methoxy groups -OCH3 is 1. The molecule has 0 bridgehead atoms. The fraction of sp³-hybridized carbons (Fsp3) is 0.632. The molecule has 160 valence electrons. The van der Waals surface area contributed by atoms with E-state index in [1.165, 1.54) is 24.7 Å². The molecule has 1 atom stereocenters. The van der Waals surface area contributed by atoms with E-state index in [-0.39, 0.29) is 35.8 Å². The Morgan fingerprint density at radius 2 is 2.00 bits per heavy atom. The Balaban J connectivity index is 0.00000392. The summed E-state index contributed by atoms with van der Waals surface area (Å²) in [5.41, 5.74) is 1.22. The summed E-state index contributed by atoms with van der Waals surface area (Å²) in [4.78, 5) is 6.73. The molecule has 1 aliphatic heterocycles. The van der Waals surface area contributed by atoms with Crippen LogP contribution in [0, 0.1) is 0 Å². The predicted molar refractivity (Wildman–Crippen MR) is 126 cm³/mol. The van der Waals surface area contributed by atoms with Gasteiger partial charge in [-0.25, -0.2) is 8.42 Å². The SMILES string of the molecule is CN=C(NCCCS(C)(=O)=O)NCC(c1cccc(OC)c1)N1CCCC1.I. The Hall–Kier alpha value is -1.07. The van der Waals surface area contributed by atoms with Gasteiger partial charge in [0.25, 0.3) is 0 Å². The molecule has 1 saturated heterocycles. The Kier molecular flexibility index (Phi) is 11.1. The van der Waals surface area contributed by atoms with Crippen LogP contribution in [0.5, 0.6) is 5.75 Å². The summed E-state index contributed by atoms with van der Waals surface area (Å²) in [6, 6.07) is 8.44. The smallest absolute Gasteiger partial charge is 0.191 e. The molecule has 7 nitrogen and oxygen atoms in total. The Bertz CT molecular complexity index is 722. The highest BCUT2D eigenvalue weighted by Crippen LogP contribution is 2.27. The summed E-state index contributed by atoms with van der Waals surface area (Å²) < 4.78 is 27.8. The van der Waals surface area contributed by atoms with Gasteiger partial charge in [-0.2, -0.15) is 0 Å². The van der Waals surface area contributed by atoms with E-state index in [0.29, 0.717) is 18.9 Å². The first-order valence-electron chi connectivity index (χ1n) is 9.43. The molecule has 0 aliphatic carbocycles. The molecule has 1 heterocycles. The van der Waals surface area contributed by atoms with Crippen molar-refractivity contribution >= 4 is 39.8 Å². The molecule has 0 radical (unpaired) electrons. The van der Waals surface area contributed by atoms with Crippen LogP contribution < -0.4 is 15.4 Å². The lowest BCUT2D eigenvalue weighted by Gasteiger charge is -2.29. The third-order valence-corrected chi connectivity index (χ3v) is 5.76. The number of hydrogen-bond acceptors (Lipinski definition) is 5. The van der Waals surface area contributed by atoms with Crippen molar-refractivity contribution in [2.45, 2.75) is 25.3 Å². The van der Waals surface area contributed by atoms with Gasteiger partial charge in [-0.05, 0) is 50.0 Å². The highest BCUT2D eigenvalue weighted by Gasteiger charge is 2.24. The number of nitrogens with zero attached hydrogens (tertiary/aromatic N) is 2. The van der Waals surface area contributed by atoms with Crippen LogP contribution in [0.4, 0.5) is 0 Å². The van der Waals surface area contributed by atoms with E-state index in [0.717, 1.165) is 25.4 Å². The Labute approximate surface area is 186 Å². The molecule has 9 heteroatoms. The number of hydrogen-bond donors (Lipinski definition) is 2. The highest BCUT2D eigenvalue weighted by atomic mass is 127. The van der Waals surface area contributed by atoms with Gasteiger partial charge in [-0.15, -0.1) is 24.0 Å². The third kappa shape index (κ3) is 8.52. The van der Waals surface area contributed by atoms with Crippen molar-refractivity contribution in [2.24, 2.45) is 4.99 Å². The second-order valence-corrected chi connectivity index (χ2v) is 9.16. The summed E-state index contributed by atoms with van der Waals surface area (Å²) in [5.74, 6) is 1.73. The number of ether oxygens (including phenoxy) is 1. The Morgan fingerprint density at radius 1 is 1.29 bits per heavy atom. The van der Waals surface area contributed by atoms with Crippen molar-refractivity contribution in [3.63, 3.8) is 0 Å². The maximum Gasteiger partial charge on any atom is 0.191 e. The van der Waals surface area contributed by atoms with E-state index in [4.69, 9.17) is 4.74 Å². The number of sulfone groups is 1. The number of guanidine groups is 1. The maximum atomic E-state index is 11.2. The molecule has 2 rings (SSSR count). The molecule has 1 aromatic carbocycles. The zero-order valence-electron chi connectivity index (χ0n) is 17.0. The van der Waals surface area contributed by atoms with Crippen molar-refractivity contribution < 1.29 is 13.2 Å². The lowest BCUT2D eigenvalue weighted by Crippen LogP contribution is -2.43. The largest absolute Gasteiger partial charge is 0.497 e. The fourth-order valence-corrected chi connectivity index (χ4v) is 3.98. The van der Waals surface area contributed by atoms with Crippen molar-refractivity contribution in [3.8, 4) is 5.75 Å². The lowest BCUT2D eigenvalue weighted by atomic mass is 10.1. The van der Waals surface area contributed by atoms with Crippen LogP contribution in [0.1, 0.15) is 30.9 Å².